The summed E-state index contributed by atoms with van der Waals surface area (Å²) >= 11 is 0. The lowest BCUT2D eigenvalue weighted by atomic mass is 10.1. The van der Waals surface area contributed by atoms with Crippen molar-refractivity contribution in [2.24, 2.45) is 0 Å². The van der Waals surface area contributed by atoms with Gasteiger partial charge in [0.25, 0.3) is 0 Å². The molecule has 0 fully saturated rings. The highest BCUT2D eigenvalue weighted by Gasteiger charge is 2.15. The third-order valence-corrected chi connectivity index (χ3v) is 3.04. The molecule has 0 unspecified atom stereocenters. The van der Waals surface area contributed by atoms with E-state index in [0.717, 1.165) is 23.6 Å². The third kappa shape index (κ3) is 6.50. The molecule has 0 saturated carbocycles. The molecule has 0 aliphatic rings. The second kappa shape index (κ2) is 7.82. The molecule has 4 nitrogen and oxygen atoms in total. The number of carboxylic acids is 1. The number of ether oxygens (including phenoxy) is 2. The van der Waals surface area contributed by atoms with E-state index in [-0.39, 0.29) is 5.60 Å². The van der Waals surface area contributed by atoms with Gasteiger partial charge in [-0.2, -0.15) is 0 Å². The van der Waals surface area contributed by atoms with Crippen LogP contribution < -0.4 is 0 Å². The summed E-state index contributed by atoms with van der Waals surface area (Å²) in [5, 5.41) is 8.59. The summed E-state index contributed by atoms with van der Waals surface area (Å²) in [5.41, 5.74) is 1.70. The topological polar surface area (TPSA) is 55.8 Å². The van der Waals surface area contributed by atoms with Crippen molar-refractivity contribution in [2.45, 2.75) is 32.5 Å². The van der Waals surface area contributed by atoms with Crippen LogP contribution in [0.25, 0.3) is 6.08 Å². The summed E-state index contributed by atoms with van der Waals surface area (Å²) in [6, 6.07) is 7.62. The monoisotopic (exact) mass is 278 g/mol. The Hall–Kier alpha value is -1.65. The molecule has 0 spiro atoms. The van der Waals surface area contributed by atoms with Crippen molar-refractivity contribution in [3.63, 3.8) is 0 Å². The lowest BCUT2D eigenvalue weighted by Gasteiger charge is -2.22. The van der Waals surface area contributed by atoms with Gasteiger partial charge < -0.3 is 14.6 Å². The maximum atomic E-state index is 10.5. The van der Waals surface area contributed by atoms with Crippen molar-refractivity contribution in [3.8, 4) is 0 Å². The van der Waals surface area contributed by atoms with Crippen LogP contribution in [0, 0.1) is 0 Å². The third-order valence-electron chi connectivity index (χ3n) is 3.04. The Morgan fingerprint density at radius 2 is 2.15 bits per heavy atom. The Morgan fingerprint density at radius 3 is 2.80 bits per heavy atom. The van der Waals surface area contributed by atoms with Gasteiger partial charge in [-0.05, 0) is 43.5 Å². The van der Waals surface area contributed by atoms with Crippen molar-refractivity contribution in [1.82, 2.24) is 0 Å². The molecule has 20 heavy (non-hydrogen) atoms. The van der Waals surface area contributed by atoms with Gasteiger partial charge in [-0.3, -0.25) is 0 Å². The highest BCUT2D eigenvalue weighted by Crippen LogP contribution is 2.14. The summed E-state index contributed by atoms with van der Waals surface area (Å²) in [5.74, 6) is -0.951. The number of carbonyl (C=O) groups is 1. The second-order valence-electron chi connectivity index (χ2n) is 5.18. The first-order chi connectivity index (χ1) is 9.43. The zero-order chi connectivity index (χ0) is 15.0. The molecule has 0 radical (unpaired) electrons. The van der Waals surface area contributed by atoms with Crippen LogP contribution in [0.2, 0.25) is 0 Å². The first kappa shape index (κ1) is 16.4. The molecular weight excluding hydrogens is 256 g/mol. The van der Waals surface area contributed by atoms with Crippen LogP contribution in [0.15, 0.2) is 30.3 Å². The number of hydrogen-bond acceptors (Lipinski definition) is 3. The number of carboxylic acid groups (broad SMARTS) is 1. The average molecular weight is 278 g/mol. The molecule has 0 aromatic heterocycles. The molecule has 110 valence electrons. The van der Waals surface area contributed by atoms with Gasteiger partial charge >= 0.3 is 5.97 Å². The van der Waals surface area contributed by atoms with E-state index in [1.165, 1.54) is 0 Å². The van der Waals surface area contributed by atoms with Crippen molar-refractivity contribution in [1.29, 1.82) is 0 Å². The largest absolute Gasteiger partial charge is 0.478 e. The van der Waals surface area contributed by atoms with Gasteiger partial charge in [0, 0.05) is 19.8 Å². The van der Waals surface area contributed by atoms with E-state index in [0.29, 0.717) is 13.2 Å². The Balaban J connectivity index is 2.45. The van der Waals surface area contributed by atoms with E-state index in [9.17, 15) is 4.79 Å². The normalized spacial score (nSPS) is 11.9. The van der Waals surface area contributed by atoms with Gasteiger partial charge in [-0.25, -0.2) is 4.79 Å². The summed E-state index contributed by atoms with van der Waals surface area (Å²) in [6.07, 6.45) is 3.52. The zero-order valence-corrected chi connectivity index (χ0v) is 12.3. The van der Waals surface area contributed by atoms with Crippen LogP contribution in [0.1, 0.15) is 31.4 Å². The van der Waals surface area contributed by atoms with Gasteiger partial charge in [0.1, 0.15) is 0 Å². The standard InChI is InChI=1S/C16H22O4/c1-16(2,19-3)9-10-20-12-14-6-4-5-13(11-14)7-8-15(17)18/h4-8,11H,9-10,12H2,1-3H3,(H,17,18)/b8-7+. The van der Waals surface area contributed by atoms with Crippen molar-refractivity contribution in [2.75, 3.05) is 13.7 Å². The molecule has 1 rings (SSSR count). The summed E-state index contributed by atoms with van der Waals surface area (Å²) < 4.78 is 10.9. The maximum absolute atomic E-state index is 10.5. The summed E-state index contributed by atoms with van der Waals surface area (Å²) in [6.45, 7) is 5.17. The van der Waals surface area contributed by atoms with Gasteiger partial charge in [-0.15, -0.1) is 0 Å². The molecule has 0 atom stereocenters. The smallest absolute Gasteiger partial charge is 0.328 e. The average Bonchev–Trinajstić information content (AvgIpc) is 2.42. The molecule has 0 aliphatic heterocycles. The SMILES string of the molecule is COC(C)(C)CCOCc1cccc(/C=C/C(=O)O)c1. The van der Waals surface area contributed by atoms with Gasteiger partial charge in [0.15, 0.2) is 0 Å². The lowest BCUT2D eigenvalue weighted by molar-refractivity contribution is -0.131. The van der Waals surface area contributed by atoms with E-state index in [1.807, 2.05) is 38.1 Å². The van der Waals surface area contributed by atoms with Crippen molar-refractivity contribution < 1.29 is 19.4 Å². The Labute approximate surface area is 120 Å². The minimum Gasteiger partial charge on any atom is -0.478 e. The number of methoxy groups -OCH3 is 1. The van der Waals surface area contributed by atoms with Crippen LogP contribution in [-0.4, -0.2) is 30.4 Å². The Kier molecular flexibility index (Phi) is 6.42. The molecule has 0 heterocycles. The highest BCUT2D eigenvalue weighted by molar-refractivity contribution is 5.85. The van der Waals surface area contributed by atoms with Crippen LogP contribution >= 0.6 is 0 Å². The zero-order valence-electron chi connectivity index (χ0n) is 12.3. The minimum atomic E-state index is -0.951. The van der Waals surface area contributed by atoms with E-state index >= 15 is 0 Å². The van der Waals surface area contributed by atoms with E-state index < -0.39 is 5.97 Å². The fourth-order valence-electron chi connectivity index (χ4n) is 1.56. The second-order valence-corrected chi connectivity index (χ2v) is 5.18. The predicted octanol–water partition coefficient (Wildman–Crippen LogP) is 3.12. The summed E-state index contributed by atoms with van der Waals surface area (Å²) in [4.78, 5) is 10.5. The molecule has 1 aromatic rings. The fourth-order valence-corrected chi connectivity index (χ4v) is 1.56. The first-order valence-electron chi connectivity index (χ1n) is 6.56. The van der Waals surface area contributed by atoms with Crippen LogP contribution in [-0.2, 0) is 20.9 Å². The molecular formula is C16H22O4. The fraction of sp³-hybridized carbons (Fsp3) is 0.438. The van der Waals surface area contributed by atoms with Crippen LogP contribution in [0.5, 0.6) is 0 Å². The van der Waals surface area contributed by atoms with Crippen LogP contribution in [0.4, 0.5) is 0 Å². The Bertz CT molecular complexity index is 463. The number of rotatable bonds is 8. The number of aliphatic carboxylic acids is 1. The molecule has 4 heteroatoms. The minimum absolute atomic E-state index is 0.175. The Morgan fingerprint density at radius 1 is 1.40 bits per heavy atom. The van der Waals surface area contributed by atoms with Crippen molar-refractivity contribution in [3.05, 3.63) is 41.5 Å². The maximum Gasteiger partial charge on any atom is 0.328 e. The van der Waals surface area contributed by atoms with E-state index in [1.54, 1.807) is 13.2 Å². The molecule has 0 saturated heterocycles. The molecule has 1 N–H and O–H groups in total. The van der Waals surface area contributed by atoms with Gasteiger partial charge in [0.05, 0.1) is 12.2 Å². The quantitative estimate of drug-likeness (QED) is 0.586. The summed E-state index contributed by atoms with van der Waals surface area (Å²) in [7, 11) is 1.69. The van der Waals surface area contributed by atoms with E-state index in [2.05, 4.69) is 0 Å². The molecule has 0 amide bonds. The van der Waals surface area contributed by atoms with Gasteiger partial charge in [0.2, 0.25) is 0 Å². The van der Waals surface area contributed by atoms with Crippen molar-refractivity contribution >= 4 is 12.0 Å². The highest BCUT2D eigenvalue weighted by atomic mass is 16.5. The van der Waals surface area contributed by atoms with Gasteiger partial charge in [-0.1, -0.05) is 18.2 Å². The lowest BCUT2D eigenvalue weighted by Crippen LogP contribution is -2.24. The first-order valence-corrected chi connectivity index (χ1v) is 6.56. The molecule has 1 aromatic carbocycles. The molecule has 0 bridgehead atoms. The number of benzene rings is 1. The van der Waals surface area contributed by atoms with Crippen LogP contribution in [0.3, 0.4) is 0 Å². The molecule has 0 aliphatic carbocycles. The van der Waals surface area contributed by atoms with E-state index in [4.69, 9.17) is 14.6 Å². The number of hydrogen-bond donors (Lipinski definition) is 1. The predicted molar refractivity (Wildman–Crippen MR) is 78.5 cm³/mol.